The molecule has 2 aromatic heterocycles. The maximum absolute atomic E-state index is 4.27. The van der Waals surface area contributed by atoms with Gasteiger partial charge in [-0.1, -0.05) is 6.92 Å². The average Bonchev–Trinajstić information content (AvgIpc) is 2.77. The molecule has 2 rings (SSSR count). The summed E-state index contributed by atoms with van der Waals surface area (Å²) in [6.45, 7) is 6.07. The first-order valence-corrected chi connectivity index (χ1v) is 6.09. The summed E-state index contributed by atoms with van der Waals surface area (Å²) in [5.41, 5.74) is 2.26. The van der Waals surface area contributed by atoms with Gasteiger partial charge in [-0.15, -0.1) is 0 Å². The van der Waals surface area contributed by atoms with Crippen molar-refractivity contribution < 1.29 is 0 Å². The lowest BCUT2D eigenvalue weighted by atomic mass is 10.3. The fourth-order valence-corrected chi connectivity index (χ4v) is 1.72. The maximum Gasteiger partial charge on any atom is 0.0889 e. The van der Waals surface area contributed by atoms with E-state index in [9.17, 15) is 0 Å². The van der Waals surface area contributed by atoms with Crippen LogP contribution >= 0.6 is 0 Å². The predicted molar refractivity (Wildman–Crippen MR) is 67.9 cm³/mol. The molecule has 0 radical (unpaired) electrons. The molecule has 5 nitrogen and oxygen atoms in total. The lowest BCUT2D eigenvalue weighted by Crippen LogP contribution is -2.27. The van der Waals surface area contributed by atoms with Gasteiger partial charge >= 0.3 is 0 Å². The minimum absolute atomic E-state index is 0.836. The first kappa shape index (κ1) is 12.0. The first-order valence-electron chi connectivity index (χ1n) is 6.09. The molecule has 0 fully saturated rings. The van der Waals surface area contributed by atoms with Gasteiger partial charge in [-0.25, -0.2) is 4.52 Å². The molecule has 5 heteroatoms. The van der Waals surface area contributed by atoms with Crippen LogP contribution in [0.1, 0.15) is 18.9 Å². The number of nitrogens with one attached hydrogen (secondary N) is 2. The summed E-state index contributed by atoms with van der Waals surface area (Å²) in [5, 5.41) is 11.0. The fraction of sp³-hybridized carbons (Fsp3) is 0.500. The lowest BCUT2D eigenvalue weighted by molar-refractivity contribution is 0.608. The number of rotatable bonds is 7. The van der Waals surface area contributed by atoms with E-state index in [4.69, 9.17) is 0 Å². The average molecular weight is 233 g/mol. The number of nitrogens with zero attached hydrogens (tertiary/aromatic N) is 3. The number of hydrogen-bond acceptors (Lipinski definition) is 4. The first-order chi connectivity index (χ1) is 8.42. The molecule has 17 heavy (non-hydrogen) atoms. The van der Waals surface area contributed by atoms with E-state index in [2.05, 4.69) is 27.6 Å². The van der Waals surface area contributed by atoms with Crippen molar-refractivity contribution in [2.45, 2.75) is 19.9 Å². The molecule has 0 spiro atoms. The molecule has 0 atom stereocenters. The zero-order chi connectivity index (χ0) is 11.9. The largest absolute Gasteiger partial charge is 0.315 e. The quantitative estimate of drug-likeness (QED) is 0.695. The molecule has 0 aliphatic heterocycles. The normalized spacial score (nSPS) is 11.1. The van der Waals surface area contributed by atoms with Gasteiger partial charge in [0.1, 0.15) is 0 Å². The monoisotopic (exact) mass is 233 g/mol. The minimum Gasteiger partial charge on any atom is -0.315 e. The van der Waals surface area contributed by atoms with Gasteiger partial charge in [0.25, 0.3) is 0 Å². The summed E-state index contributed by atoms with van der Waals surface area (Å²) in [4.78, 5) is 4.11. The topological polar surface area (TPSA) is 54.2 Å². The Bertz CT molecular complexity index is 451. The Balaban J connectivity index is 1.79. The number of fused-ring (bicyclic) bond motifs is 1. The van der Waals surface area contributed by atoms with E-state index in [1.54, 1.807) is 6.20 Å². The van der Waals surface area contributed by atoms with Crippen molar-refractivity contribution in [3.63, 3.8) is 0 Å². The summed E-state index contributed by atoms with van der Waals surface area (Å²) >= 11 is 0. The third-order valence-corrected chi connectivity index (χ3v) is 2.63. The Morgan fingerprint density at radius 2 is 2.06 bits per heavy atom. The highest BCUT2D eigenvalue weighted by molar-refractivity contribution is 5.51. The molecule has 0 saturated heterocycles. The van der Waals surface area contributed by atoms with Crippen molar-refractivity contribution in [2.24, 2.45) is 0 Å². The molecular weight excluding hydrogens is 214 g/mol. The standard InChI is InChI=1S/C12H19N5/c1-2-3-13-4-5-14-8-11-9-16-17-7-6-15-10-12(11)17/h6-7,9-10,13-14H,2-5,8H2,1H3. The van der Waals surface area contributed by atoms with Gasteiger partial charge in [0.05, 0.1) is 17.9 Å². The van der Waals surface area contributed by atoms with Crippen LogP contribution in [0.5, 0.6) is 0 Å². The molecule has 0 aliphatic rings. The highest BCUT2D eigenvalue weighted by Crippen LogP contribution is 2.07. The Hall–Kier alpha value is -1.46. The molecule has 2 heterocycles. The van der Waals surface area contributed by atoms with E-state index in [1.807, 2.05) is 23.1 Å². The third kappa shape index (κ3) is 3.25. The summed E-state index contributed by atoms with van der Waals surface area (Å²) in [7, 11) is 0. The SMILES string of the molecule is CCCNCCNCc1cnn2ccncc12. The molecule has 0 aliphatic carbocycles. The fourth-order valence-electron chi connectivity index (χ4n) is 1.72. The van der Waals surface area contributed by atoms with Gasteiger partial charge in [-0.05, 0) is 13.0 Å². The summed E-state index contributed by atoms with van der Waals surface area (Å²) < 4.78 is 1.85. The molecule has 0 bridgehead atoms. The van der Waals surface area contributed by atoms with E-state index in [0.29, 0.717) is 0 Å². The minimum atomic E-state index is 0.836. The van der Waals surface area contributed by atoms with E-state index in [1.165, 1.54) is 12.0 Å². The third-order valence-electron chi connectivity index (χ3n) is 2.63. The zero-order valence-electron chi connectivity index (χ0n) is 10.2. The molecule has 2 N–H and O–H groups in total. The van der Waals surface area contributed by atoms with E-state index < -0.39 is 0 Å². The number of aromatic nitrogens is 3. The number of hydrogen-bond donors (Lipinski definition) is 2. The van der Waals surface area contributed by atoms with Crippen molar-refractivity contribution in [2.75, 3.05) is 19.6 Å². The Kier molecular flexibility index (Phi) is 4.46. The van der Waals surface area contributed by atoms with E-state index >= 15 is 0 Å². The van der Waals surface area contributed by atoms with E-state index in [0.717, 1.165) is 31.7 Å². The van der Waals surface area contributed by atoms with E-state index in [-0.39, 0.29) is 0 Å². The van der Waals surface area contributed by atoms with Crippen LogP contribution in [-0.2, 0) is 6.54 Å². The van der Waals surface area contributed by atoms with Crippen LogP contribution in [0.25, 0.3) is 5.52 Å². The van der Waals surface area contributed by atoms with Gasteiger partial charge in [-0.2, -0.15) is 5.10 Å². The Labute approximate surface area is 101 Å². The van der Waals surface area contributed by atoms with Crippen LogP contribution in [0.3, 0.4) is 0 Å². The summed E-state index contributed by atoms with van der Waals surface area (Å²) in [5.74, 6) is 0. The van der Waals surface area contributed by atoms with Gasteiger partial charge in [0, 0.05) is 37.6 Å². The molecule has 0 saturated carbocycles. The summed E-state index contributed by atoms with van der Waals surface area (Å²) in [6, 6.07) is 0. The molecule has 0 amide bonds. The van der Waals surface area contributed by atoms with Crippen molar-refractivity contribution in [3.8, 4) is 0 Å². The zero-order valence-corrected chi connectivity index (χ0v) is 10.2. The molecule has 2 aromatic rings. The molecule has 92 valence electrons. The van der Waals surface area contributed by atoms with Crippen molar-refractivity contribution in [1.29, 1.82) is 0 Å². The lowest BCUT2D eigenvalue weighted by Gasteiger charge is -2.04. The van der Waals surface area contributed by atoms with Gasteiger partial charge in [-0.3, -0.25) is 4.98 Å². The highest BCUT2D eigenvalue weighted by Gasteiger charge is 2.02. The van der Waals surface area contributed by atoms with Crippen LogP contribution < -0.4 is 10.6 Å². The van der Waals surface area contributed by atoms with Crippen molar-refractivity contribution in [3.05, 3.63) is 30.4 Å². The van der Waals surface area contributed by atoms with Crippen LogP contribution in [0.4, 0.5) is 0 Å². The highest BCUT2D eigenvalue weighted by atomic mass is 15.2. The maximum atomic E-state index is 4.27. The smallest absolute Gasteiger partial charge is 0.0889 e. The Morgan fingerprint density at radius 3 is 2.94 bits per heavy atom. The predicted octanol–water partition coefficient (Wildman–Crippen LogP) is 0.818. The second kappa shape index (κ2) is 6.32. The van der Waals surface area contributed by atoms with Crippen LogP contribution in [0.15, 0.2) is 24.8 Å². The van der Waals surface area contributed by atoms with Gasteiger partial charge in [0.2, 0.25) is 0 Å². The van der Waals surface area contributed by atoms with Crippen molar-refractivity contribution >= 4 is 5.52 Å². The summed E-state index contributed by atoms with van der Waals surface area (Å²) in [6.07, 6.45) is 8.52. The molecular formula is C12H19N5. The van der Waals surface area contributed by atoms with Gasteiger partial charge < -0.3 is 10.6 Å². The van der Waals surface area contributed by atoms with Crippen molar-refractivity contribution in [1.82, 2.24) is 25.2 Å². The van der Waals surface area contributed by atoms with Crippen LogP contribution in [0, 0.1) is 0 Å². The van der Waals surface area contributed by atoms with Crippen LogP contribution in [0.2, 0.25) is 0 Å². The van der Waals surface area contributed by atoms with Crippen LogP contribution in [-0.4, -0.2) is 34.2 Å². The molecule has 0 aromatic carbocycles. The molecule has 0 unspecified atom stereocenters. The Morgan fingerprint density at radius 1 is 1.18 bits per heavy atom. The second-order valence-corrected chi connectivity index (χ2v) is 4.00. The van der Waals surface area contributed by atoms with Gasteiger partial charge in [0.15, 0.2) is 0 Å². The second-order valence-electron chi connectivity index (χ2n) is 4.00.